The van der Waals surface area contributed by atoms with Crippen LogP contribution in [-0.4, -0.2) is 43.7 Å². The Bertz CT molecular complexity index is 975. The molecule has 1 aromatic heterocycles. The van der Waals surface area contributed by atoms with Crippen molar-refractivity contribution in [2.45, 2.75) is 35.9 Å². The predicted octanol–water partition coefficient (Wildman–Crippen LogP) is 2.68. The maximum Gasteiger partial charge on any atom is 0.252 e. The van der Waals surface area contributed by atoms with Crippen LogP contribution in [0.25, 0.3) is 0 Å². The molecule has 1 aliphatic heterocycles. The number of amides is 2. The lowest BCUT2D eigenvalue weighted by Gasteiger charge is -2.30. The second-order valence-corrected chi connectivity index (χ2v) is 10.5. The number of sulfonamides is 1. The zero-order valence-corrected chi connectivity index (χ0v) is 17.5. The van der Waals surface area contributed by atoms with Gasteiger partial charge in [0.1, 0.15) is 4.21 Å². The first-order chi connectivity index (χ1) is 13.9. The van der Waals surface area contributed by atoms with Crippen LogP contribution < -0.4 is 10.6 Å². The highest BCUT2D eigenvalue weighted by Crippen LogP contribution is 2.27. The first-order valence-corrected chi connectivity index (χ1v) is 12.0. The van der Waals surface area contributed by atoms with Gasteiger partial charge in [-0.15, -0.1) is 11.3 Å². The third-order valence-electron chi connectivity index (χ3n) is 5.24. The molecule has 2 amide bonds. The fourth-order valence-corrected chi connectivity index (χ4v) is 5.96. The van der Waals surface area contributed by atoms with Gasteiger partial charge >= 0.3 is 0 Å². The summed E-state index contributed by atoms with van der Waals surface area (Å²) >= 11 is 1.20. The van der Waals surface area contributed by atoms with Gasteiger partial charge in [-0.25, -0.2) is 8.42 Å². The molecule has 29 heavy (non-hydrogen) atoms. The number of hydrogen-bond donors (Lipinski definition) is 2. The summed E-state index contributed by atoms with van der Waals surface area (Å²) < 4.78 is 26.9. The van der Waals surface area contributed by atoms with Crippen molar-refractivity contribution >= 4 is 38.9 Å². The number of piperidine rings is 1. The summed E-state index contributed by atoms with van der Waals surface area (Å²) in [4.78, 5) is 24.6. The normalized spacial score (nSPS) is 18.3. The molecule has 2 heterocycles. The summed E-state index contributed by atoms with van der Waals surface area (Å²) in [6.07, 6.45) is 3.04. The minimum atomic E-state index is -3.46. The molecule has 1 saturated carbocycles. The summed E-state index contributed by atoms with van der Waals surface area (Å²) in [5.41, 5.74) is 1.20. The molecule has 7 nitrogen and oxygen atoms in total. The van der Waals surface area contributed by atoms with Gasteiger partial charge in [0.15, 0.2) is 0 Å². The van der Waals surface area contributed by atoms with E-state index in [9.17, 15) is 18.0 Å². The number of rotatable bonds is 6. The van der Waals surface area contributed by atoms with Crippen LogP contribution in [0.15, 0.2) is 46.0 Å². The van der Waals surface area contributed by atoms with E-state index in [2.05, 4.69) is 10.6 Å². The van der Waals surface area contributed by atoms with E-state index >= 15 is 0 Å². The Hall–Kier alpha value is -2.23. The standard InChI is InChI=1S/C20H23N3O4S2/c24-19(22-17-7-8-17)14-3-5-16(6-4-14)21-20(25)15-9-11-23(12-10-15)29(26,27)18-2-1-13-28-18/h1-6,13,15,17H,7-12H2,(H,21,25)(H,22,24). The Morgan fingerprint density at radius 2 is 1.69 bits per heavy atom. The van der Waals surface area contributed by atoms with Crippen LogP contribution in [0.5, 0.6) is 0 Å². The predicted molar refractivity (Wildman–Crippen MR) is 111 cm³/mol. The van der Waals surface area contributed by atoms with E-state index in [-0.39, 0.29) is 17.7 Å². The van der Waals surface area contributed by atoms with E-state index < -0.39 is 10.0 Å². The molecule has 9 heteroatoms. The minimum absolute atomic E-state index is 0.0929. The third kappa shape index (κ3) is 4.68. The summed E-state index contributed by atoms with van der Waals surface area (Å²) in [6.45, 7) is 0.664. The number of anilines is 1. The first kappa shape index (κ1) is 20.1. The molecule has 0 radical (unpaired) electrons. The van der Waals surface area contributed by atoms with E-state index in [1.807, 2.05) is 0 Å². The summed E-state index contributed by atoms with van der Waals surface area (Å²) in [5.74, 6) is -0.444. The molecular weight excluding hydrogens is 410 g/mol. The topological polar surface area (TPSA) is 95.6 Å². The number of carbonyl (C=O) groups excluding carboxylic acids is 2. The van der Waals surface area contributed by atoms with Gasteiger partial charge in [0.25, 0.3) is 15.9 Å². The van der Waals surface area contributed by atoms with Crippen molar-refractivity contribution in [2.24, 2.45) is 5.92 Å². The van der Waals surface area contributed by atoms with Crippen molar-refractivity contribution in [1.29, 1.82) is 0 Å². The highest BCUT2D eigenvalue weighted by atomic mass is 32.2. The zero-order valence-electron chi connectivity index (χ0n) is 15.8. The summed E-state index contributed by atoms with van der Waals surface area (Å²) in [5, 5.41) is 7.55. The molecule has 2 aromatic rings. The van der Waals surface area contributed by atoms with Crippen LogP contribution in [0.3, 0.4) is 0 Å². The van der Waals surface area contributed by atoms with Gasteiger partial charge in [-0.2, -0.15) is 4.31 Å². The Morgan fingerprint density at radius 1 is 1.00 bits per heavy atom. The van der Waals surface area contributed by atoms with Crippen LogP contribution in [0, 0.1) is 5.92 Å². The minimum Gasteiger partial charge on any atom is -0.349 e. The molecule has 154 valence electrons. The number of nitrogens with one attached hydrogen (secondary N) is 2. The van der Waals surface area contributed by atoms with Crippen molar-refractivity contribution in [3.63, 3.8) is 0 Å². The monoisotopic (exact) mass is 433 g/mol. The van der Waals surface area contributed by atoms with E-state index in [0.717, 1.165) is 12.8 Å². The molecule has 1 aliphatic carbocycles. The van der Waals surface area contributed by atoms with Gasteiger partial charge in [-0.05, 0) is 61.4 Å². The fraction of sp³-hybridized carbons (Fsp3) is 0.400. The molecule has 0 bridgehead atoms. The van der Waals surface area contributed by atoms with Crippen molar-refractivity contribution < 1.29 is 18.0 Å². The van der Waals surface area contributed by atoms with Gasteiger partial charge in [-0.3, -0.25) is 9.59 Å². The van der Waals surface area contributed by atoms with Crippen molar-refractivity contribution in [3.05, 3.63) is 47.3 Å². The van der Waals surface area contributed by atoms with Crippen LogP contribution >= 0.6 is 11.3 Å². The SMILES string of the molecule is O=C(NC1CC1)c1ccc(NC(=O)C2CCN(S(=O)(=O)c3cccs3)CC2)cc1. The lowest BCUT2D eigenvalue weighted by Crippen LogP contribution is -2.41. The smallest absolute Gasteiger partial charge is 0.252 e. The van der Waals surface area contributed by atoms with E-state index in [1.54, 1.807) is 41.8 Å². The first-order valence-electron chi connectivity index (χ1n) is 9.69. The van der Waals surface area contributed by atoms with Crippen LogP contribution in [-0.2, 0) is 14.8 Å². The zero-order chi connectivity index (χ0) is 20.4. The van der Waals surface area contributed by atoms with Gasteiger partial charge < -0.3 is 10.6 Å². The highest BCUT2D eigenvalue weighted by Gasteiger charge is 2.32. The Kier molecular flexibility index (Phi) is 5.71. The number of hydrogen-bond acceptors (Lipinski definition) is 5. The van der Waals surface area contributed by atoms with Crippen molar-refractivity contribution in [1.82, 2.24) is 9.62 Å². The Balaban J connectivity index is 1.30. The van der Waals surface area contributed by atoms with E-state index in [1.165, 1.54) is 15.6 Å². The largest absolute Gasteiger partial charge is 0.349 e. The molecule has 2 N–H and O–H groups in total. The molecule has 1 aromatic carbocycles. The maximum absolute atomic E-state index is 12.6. The second kappa shape index (κ2) is 8.25. The van der Waals surface area contributed by atoms with Gasteiger partial charge in [0.05, 0.1) is 0 Å². The van der Waals surface area contributed by atoms with Gasteiger partial charge in [0.2, 0.25) is 5.91 Å². The van der Waals surface area contributed by atoms with Crippen LogP contribution in [0.2, 0.25) is 0 Å². The van der Waals surface area contributed by atoms with Crippen molar-refractivity contribution in [2.75, 3.05) is 18.4 Å². The second-order valence-electron chi connectivity index (χ2n) is 7.42. The molecule has 1 saturated heterocycles. The average Bonchev–Trinajstić information content (AvgIpc) is 3.35. The van der Waals surface area contributed by atoms with Gasteiger partial charge in [-0.1, -0.05) is 6.07 Å². The molecular formula is C20H23N3O4S2. The number of carbonyl (C=O) groups is 2. The number of benzene rings is 1. The average molecular weight is 434 g/mol. The Labute approximate surface area is 174 Å². The molecule has 2 fully saturated rings. The van der Waals surface area contributed by atoms with Gasteiger partial charge in [0, 0.05) is 36.3 Å². The Morgan fingerprint density at radius 3 is 2.28 bits per heavy atom. The lowest BCUT2D eigenvalue weighted by atomic mass is 9.97. The summed E-state index contributed by atoms with van der Waals surface area (Å²) in [6, 6.07) is 10.5. The van der Waals surface area contributed by atoms with Crippen LogP contribution in [0.4, 0.5) is 5.69 Å². The molecule has 0 spiro atoms. The fourth-order valence-electron chi connectivity index (χ4n) is 3.34. The maximum atomic E-state index is 12.6. The lowest BCUT2D eigenvalue weighted by molar-refractivity contribution is -0.120. The quantitative estimate of drug-likeness (QED) is 0.732. The number of nitrogens with zero attached hydrogens (tertiary/aromatic N) is 1. The molecule has 4 rings (SSSR count). The van der Waals surface area contributed by atoms with E-state index in [0.29, 0.717) is 47.4 Å². The molecule has 0 unspecified atom stereocenters. The van der Waals surface area contributed by atoms with Crippen molar-refractivity contribution in [3.8, 4) is 0 Å². The van der Waals surface area contributed by atoms with E-state index in [4.69, 9.17) is 0 Å². The molecule has 2 aliphatic rings. The number of thiophene rings is 1. The van der Waals surface area contributed by atoms with Crippen LogP contribution in [0.1, 0.15) is 36.0 Å². The molecule has 0 atom stereocenters. The third-order valence-corrected chi connectivity index (χ3v) is 8.51. The summed E-state index contributed by atoms with van der Waals surface area (Å²) in [7, 11) is -3.46. The highest BCUT2D eigenvalue weighted by molar-refractivity contribution is 7.91.